The van der Waals surface area contributed by atoms with Gasteiger partial charge >= 0.3 is 0 Å². The smallest absolute Gasteiger partial charge is 0.221 e. The molecule has 1 aliphatic rings. The van der Waals surface area contributed by atoms with E-state index in [9.17, 15) is 4.79 Å². The molecule has 1 aromatic carbocycles. The van der Waals surface area contributed by atoms with Crippen molar-refractivity contribution < 1.29 is 4.79 Å². The molecular formula is C13H17ClN2O. The van der Waals surface area contributed by atoms with Crippen LogP contribution in [0.1, 0.15) is 31.4 Å². The lowest BCUT2D eigenvalue weighted by Crippen LogP contribution is -2.34. The zero-order valence-electron chi connectivity index (χ0n) is 9.87. The van der Waals surface area contributed by atoms with Crippen molar-refractivity contribution in [3.63, 3.8) is 0 Å². The van der Waals surface area contributed by atoms with Crippen molar-refractivity contribution >= 4 is 17.5 Å². The molecule has 1 heterocycles. The summed E-state index contributed by atoms with van der Waals surface area (Å²) in [6.45, 7) is 2.86. The minimum absolute atomic E-state index is 0.133. The number of amides is 1. The molecule has 0 spiro atoms. The molecule has 0 bridgehead atoms. The van der Waals surface area contributed by atoms with Crippen LogP contribution in [-0.2, 0) is 4.79 Å². The number of hydrogen-bond donors (Lipinski definition) is 2. The van der Waals surface area contributed by atoms with Gasteiger partial charge in [0.15, 0.2) is 0 Å². The Morgan fingerprint density at radius 1 is 1.47 bits per heavy atom. The second-order valence-electron chi connectivity index (χ2n) is 4.38. The Hall–Kier alpha value is -1.06. The van der Waals surface area contributed by atoms with Crippen LogP contribution in [0.3, 0.4) is 0 Å². The lowest BCUT2D eigenvalue weighted by molar-refractivity contribution is -0.119. The second-order valence-corrected chi connectivity index (χ2v) is 4.82. The van der Waals surface area contributed by atoms with Gasteiger partial charge in [-0.25, -0.2) is 0 Å². The minimum atomic E-state index is 0.133. The minimum Gasteiger partial charge on any atom is -0.354 e. The zero-order chi connectivity index (χ0) is 12.3. The number of benzene rings is 1. The molecule has 1 aromatic rings. The Bertz CT molecular complexity index is 391. The van der Waals surface area contributed by atoms with E-state index >= 15 is 0 Å². The van der Waals surface area contributed by atoms with Crippen molar-refractivity contribution in [1.82, 2.24) is 10.6 Å². The molecule has 0 radical (unpaired) electrons. The first-order chi connectivity index (χ1) is 8.19. The molecule has 0 aromatic heterocycles. The number of carbonyl (C=O) groups is 1. The van der Waals surface area contributed by atoms with Gasteiger partial charge in [-0.3, -0.25) is 4.79 Å². The lowest BCUT2D eigenvalue weighted by Gasteiger charge is -2.21. The standard InChI is InChI=1S/C13H17ClN2O/c1-2-12(9-3-5-10(14)6-4-9)16-11-7-13(17)15-8-11/h3-6,11-12,16H,2,7-8H2,1H3,(H,15,17). The fraction of sp³-hybridized carbons (Fsp3) is 0.462. The van der Waals surface area contributed by atoms with Crippen LogP contribution < -0.4 is 10.6 Å². The summed E-state index contributed by atoms with van der Waals surface area (Å²) in [4.78, 5) is 11.1. The fourth-order valence-corrected chi connectivity index (χ4v) is 2.28. The van der Waals surface area contributed by atoms with Crippen LogP contribution in [0, 0.1) is 0 Å². The predicted octanol–water partition coefficient (Wildman–Crippen LogP) is 2.27. The van der Waals surface area contributed by atoms with E-state index in [0.717, 1.165) is 18.0 Å². The third-order valence-corrected chi connectivity index (χ3v) is 3.35. The molecule has 2 rings (SSSR count). The lowest BCUT2D eigenvalue weighted by atomic mass is 10.0. The van der Waals surface area contributed by atoms with Gasteiger partial charge in [-0.05, 0) is 24.1 Å². The van der Waals surface area contributed by atoms with Gasteiger partial charge in [0.2, 0.25) is 5.91 Å². The summed E-state index contributed by atoms with van der Waals surface area (Å²) in [5.74, 6) is 0.133. The maximum absolute atomic E-state index is 11.1. The molecule has 92 valence electrons. The molecule has 2 atom stereocenters. The van der Waals surface area contributed by atoms with Gasteiger partial charge in [-0.15, -0.1) is 0 Å². The van der Waals surface area contributed by atoms with Gasteiger partial charge in [-0.1, -0.05) is 30.7 Å². The number of rotatable bonds is 4. The van der Waals surface area contributed by atoms with Gasteiger partial charge in [0.1, 0.15) is 0 Å². The Kier molecular flexibility index (Phi) is 4.02. The van der Waals surface area contributed by atoms with Gasteiger partial charge < -0.3 is 10.6 Å². The van der Waals surface area contributed by atoms with Crippen LogP contribution in [0.5, 0.6) is 0 Å². The summed E-state index contributed by atoms with van der Waals surface area (Å²) in [5.41, 5.74) is 1.22. The molecule has 1 saturated heterocycles. The molecule has 0 aliphatic carbocycles. The average molecular weight is 253 g/mol. The van der Waals surface area contributed by atoms with Crippen LogP contribution in [0.25, 0.3) is 0 Å². The topological polar surface area (TPSA) is 41.1 Å². The van der Waals surface area contributed by atoms with Crippen molar-refractivity contribution in [3.8, 4) is 0 Å². The highest BCUT2D eigenvalue weighted by Crippen LogP contribution is 2.20. The van der Waals surface area contributed by atoms with Crippen LogP contribution in [0.2, 0.25) is 5.02 Å². The third-order valence-electron chi connectivity index (χ3n) is 3.09. The molecular weight excluding hydrogens is 236 g/mol. The maximum Gasteiger partial charge on any atom is 0.221 e. The quantitative estimate of drug-likeness (QED) is 0.863. The Labute approximate surface area is 107 Å². The van der Waals surface area contributed by atoms with Gasteiger partial charge in [0, 0.05) is 30.1 Å². The second kappa shape index (κ2) is 5.52. The first-order valence-corrected chi connectivity index (χ1v) is 6.35. The molecule has 2 N–H and O–H groups in total. The molecule has 4 heteroatoms. The van der Waals surface area contributed by atoms with Crippen molar-refractivity contribution in [1.29, 1.82) is 0 Å². The van der Waals surface area contributed by atoms with Gasteiger partial charge in [0.05, 0.1) is 0 Å². The van der Waals surface area contributed by atoms with Gasteiger partial charge in [-0.2, -0.15) is 0 Å². The number of nitrogens with one attached hydrogen (secondary N) is 2. The molecule has 3 nitrogen and oxygen atoms in total. The summed E-state index contributed by atoms with van der Waals surface area (Å²) in [6, 6.07) is 8.40. The highest BCUT2D eigenvalue weighted by molar-refractivity contribution is 6.30. The first kappa shape index (κ1) is 12.4. The highest BCUT2D eigenvalue weighted by Gasteiger charge is 2.23. The van der Waals surface area contributed by atoms with E-state index < -0.39 is 0 Å². The zero-order valence-corrected chi connectivity index (χ0v) is 10.6. The van der Waals surface area contributed by atoms with E-state index in [0.29, 0.717) is 6.42 Å². The van der Waals surface area contributed by atoms with Crippen LogP contribution in [-0.4, -0.2) is 18.5 Å². The normalized spacial score (nSPS) is 21.3. The highest BCUT2D eigenvalue weighted by atomic mass is 35.5. The number of hydrogen-bond acceptors (Lipinski definition) is 2. The Morgan fingerprint density at radius 2 is 2.18 bits per heavy atom. The van der Waals surface area contributed by atoms with Crippen molar-refractivity contribution in [3.05, 3.63) is 34.9 Å². The average Bonchev–Trinajstić information content (AvgIpc) is 2.73. The molecule has 1 amide bonds. The van der Waals surface area contributed by atoms with Crippen LogP contribution in [0.15, 0.2) is 24.3 Å². The first-order valence-electron chi connectivity index (χ1n) is 5.97. The summed E-state index contributed by atoms with van der Waals surface area (Å²) < 4.78 is 0. The summed E-state index contributed by atoms with van der Waals surface area (Å²) in [5, 5.41) is 7.09. The fourth-order valence-electron chi connectivity index (χ4n) is 2.15. The van der Waals surface area contributed by atoms with Gasteiger partial charge in [0.25, 0.3) is 0 Å². The van der Waals surface area contributed by atoms with E-state index in [1.54, 1.807) is 0 Å². The molecule has 0 saturated carbocycles. The Morgan fingerprint density at radius 3 is 2.71 bits per heavy atom. The third kappa shape index (κ3) is 3.20. The van der Waals surface area contributed by atoms with Crippen molar-refractivity contribution in [2.24, 2.45) is 0 Å². The van der Waals surface area contributed by atoms with E-state index in [1.165, 1.54) is 5.56 Å². The van der Waals surface area contributed by atoms with E-state index in [1.807, 2.05) is 24.3 Å². The van der Waals surface area contributed by atoms with Crippen LogP contribution >= 0.6 is 11.6 Å². The monoisotopic (exact) mass is 252 g/mol. The molecule has 17 heavy (non-hydrogen) atoms. The van der Waals surface area contributed by atoms with E-state index in [4.69, 9.17) is 11.6 Å². The number of halogens is 1. The summed E-state index contributed by atoms with van der Waals surface area (Å²) in [6.07, 6.45) is 1.57. The van der Waals surface area contributed by atoms with E-state index in [-0.39, 0.29) is 18.0 Å². The van der Waals surface area contributed by atoms with Crippen LogP contribution in [0.4, 0.5) is 0 Å². The van der Waals surface area contributed by atoms with E-state index in [2.05, 4.69) is 17.6 Å². The number of carbonyl (C=O) groups excluding carboxylic acids is 1. The molecule has 1 aliphatic heterocycles. The summed E-state index contributed by atoms with van der Waals surface area (Å²) in [7, 11) is 0. The molecule has 1 fully saturated rings. The SMILES string of the molecule is CCC(NC1CNC(=O)C1)c1ccc(Cl)cc1. The summed E-state index contributed by atoms with van der Waals surface area (Å²) >= 11 is 5.87. The largest absolute Gasteiger partial charge is 0.354 e. The van der Waals surface area contributed by atoms with Crippen molar-refractivity contribution in [2.75, 3.05) is 6.54 Å². The molecule has 2 unspecified atom stereocenters. The Balaban J connectivity index is 2.01. The maximum atomic E-state index is 11.1. The predicted molar refractivity (Wildman–Crippen MR) is 69.0 cm³/mol. The van der Waals surface area contributed by atoms with Crippen molar-refractivity contribution in [2.45, 2.75) is 31.8 Å².